The van der Waals surface area contributed by atoms with Crippen LogP contribution in [-0.2, 0) is 11.2 Å². The van der Waals surface area contributed by atoms with Crippen LogP contribution >= 0.6 is 0 Å². The van der Waals surface area contributed by atoms with Crippen LogP contribution in [0, 0.1) is 0 Å². The maximum atomic E-state index is 12.9. The average molecular weight is 440 g/mol. The van der Waals surface area contributed by atoms with Crippen molar-refractivity contribution in [3.63, 3.8) is 0 Å². The molecular weight excluding hydrogens is 413 g/mol. The summed E-state index contributed by atoms with van der Waals surface area (Å²) < 4.78 is 37.1. The summed E-state index contributed by atoms with van der Waals surface area (Å²) in [6, 6.07) is 14.9. The van der Waals surface area contributed by atoms with E-state index in [0.717, 1.165) is 19.4 Å². The van der Waals surface area contributed by atoms with Crippen molar-refractivity contribution >= 4 is 11.9 Å². The second-order valence-corrected chi connectivity index (χ2v) is 7.65. The van der Waals surface area contributed by atoms with Crippen LogP contribution in [0.2, 0.25) is 0 Å². The third-order valence-electron chi connectivity index (χ3n) is 5.37. The van der Waals surface area contributed by atoms with Gasteiger partial charge in [-0.1, -0.05) is 30.3 Å². The van der Waals surface area contributed by atoms with E-state index in [1.165, 1.54) is 5.56 Å². The maximum absolute atomic E-state index is 12.9. The summed E-state index contributed by atoms with van der Waals surface area (Å²) in [7, 11) is 2.16. The summed E-state index contributed by atoms with van der Waals surface area (Å²) >= 11 is 0. The lowest BCUT2D eigenvalue weighted by Gasteiger charge is -2.35. The maximum Gasteiger partial charge on any atom is 0.490 e. The first kappa shape index (κ1) is 24.5. The summed E-state index contributed by atoms with van der Waals surface area (Å²) in [6.07, 6.45) is -1.65. The molecule has 1 N–H and O–H groups in total. The minimum Gasteiger partial charge on any atom is -0.475 e. The van der Waals surface area contributed by atoms with Crippen LogP contribution in [0.5, 0.6) is 0 Å². The highest BCUT2D eigenvalue weighted by Gasteiger charge is 2.40. The van der Waals surface area contributed by atoms with E-state index in [2.05, 4.69) is 50.1 Å². The number of likely N-dealkylation sites (N-methyl/N-ethyl adjacent to an activating group) is 1. The zero-order valence-corrected chi connectivity index (χ0v) is 17.7. The molecule has 1 amide bonds. The number of rotatable bonds is 5. The van der Waals surface area contributed by atoms with Crippen molar-refractivity contribution in [3.05, 3.63) is 60.1 Å². The normalized spacial score (nSPS) is 18.8. The van der Waals surface area contributed by atoms with Gasteiger partial charge in [0.2, 0.25) is 0 Å². The van der Waals surface area contributed by atoms with E-state index in [9.17, 15) is 18.0 Å². The standard InChI is InChI=1S/C20H26N2O2.C2HF3O2/c1-15(2)21(3)17-11-12-22(20(23)19-10-7-13-24-19)18(17)14-16-8-5-4-6-9-16;3-2(4,5)1(6)7/h4-10,13,15,17-18H,11-12,14H2,1-3H3;(H,6,7)/t17-,18+;/m1./s1. The Morgan fingerprint density at radius 3 is 2.29 bits per heavy atom. The van der Waals surface area contributed by atoms with Gasteiger partial charge in [0.25, 0.3) is 5.91 Å². The number of aliphatic carboxylic acids is 1. The van der Waals surface area contributed by atoms with Gasteiger partial charge in [-0.2, -0.15) is 13.2 Å². The Balaban J connectivity index is 0.000000423. The molecule has 0 spiro atoms. The quantitative estimate of drug-likeness (QED) is 0.759. The fourth-order valence-electron chi connectivity index (χ4n) is 3.59. The highest BCUT2D eigenvalue weighted by Crippen LogP contribution is 2.28. The molecule has 2 aromatic rings. The molecule has 0 radical (unpaired) electrons. The number of halogens is 3. The lowest BCUT2D eigenvalue weighted by molar-refractivity contribution is -0.192. The second kappa shape index (κ2) is 10.5. The van der Waals surface area contributed by atoms with Crippen molar-refractivity contribution in [2.24, 2.45) is 0 Å². The van der Waals surface area contributed by atoms with Gasteiger partial charge in [0, 0.05) is 18.6 Å². The Morgan fingerprint density at radius 2 is 1.81 bits per heavy atom. The molecule has 0 aliphatic carbocycles. The molecule has 0 bridgehead atoms. The Bertz CT molecular complexity index is 838. The van der Waals surface area contributed by atoms with Crippen LogP contribution in [0.25, 0.3) is 0 Å². The van der Waals surface area contributed by atoms with E-state index in [0.29, 0.717) is 17.8 Å². The zero-order valence-electron chi connectivity index (χ0n) is 17.7. The smallest absolute Gasteiger partial charge is 0.475 e. The first-order valence-electron chi connectivity index (χ1n) is 9.92. The molecule has 0 unspecified atom stereocenters. The Kier molecular flexibility index (Phi) is 8.27. The molecular formula is C22H27F3N2O4. The van der Waals surface area contributed by atoms with Crippen molar-refractivity contribution < 1.29 is 32.3 Å². The number of furan rings is 1. The zero-order chi connectivity index (χ0) is 23.2. The number of benzene rings is 1. The molecule has 6 nitrogen and oxygen atoms in total. The number of carboxylic acid groups (broad SMARTS) is 1. The molecule has 1 aromatic carbocycles. The monoisotopic (exact) mass is 440 g/mol. The van der Waals surface area contributed by atoms with Crippen LogP contribution in [0.4, 0.5) is 13.2 Å². The molecule has 170 valence electrons. The number of hydrogen-bond donors (Lipinski definition) is 1. The van der Waals surface area contributed by atoms with Crippen LogP contribution < -0.4 is 0 Å². The molecule has 1 fully saturated rings. The minimum atomic E-state index is -5.08. The van der Waals surface area contributed by atoms with Crippen molar-refractivity contribution in [1.29, 1.82) is 0 Å². The van der Waals surface area contributed by atoms with Crippen molar-refractivity contribution in [2.45, 2.75) is 51.0 Å². The molecule has 1 aliphatic heterocycles. The van der Waals surface area contributed by atoms with Crippen LogP contribution in [-0.4, -0.2) is 64.7 Å². The van der Waals surface area contributed by atoms with Crippen molar-refractivity contribution in [2.75, 3.05) is 13.6 Å². The SMILES string of the molecule is CC(C)N(C)[C@@H]1CCN(C(=O)c2ccco2)[C@H]1Cc1ccccc1.O=C(O)C(F)(F)F. The van der Waals surface area contributed by atoms with Gasteiger partial charge in [-0.05, 0) is 51.4 Å². The number of hydrogen-bond acceptors (Lipinski definition) is 4. The van der Waals surface area contributed by atoms with Gasteiger partial charge in [-0.15, -0.1) is 0 Å². The highest BCUT2D eigenvalue weighted by atomic mass is 19.4. The third kappa shape index (κ3) is 6.58. The van der Waals surface area contributed by atoms with Gasteiger partial charge in [-0.25, -0.2) is 4.79 Å². The molecule has 1 aliphatic rings. The van der Waals surface area contributed by atoms with Crippen LogP contribution in [0.1, 0.15) is 36.4 Å². The molecule has 2 atom stereocenters. The molecule has 3 rings (SSSR count). The van der Waals surface area contributed by atoms with Crippen LogP contribution in [0.15, 0.2) is 53.1 Å². The predicted molar refractivity (Wildman–Crippen MR) is 109 cm³/mol. The van der Waals surface area contributed by atoms with E-state index in [-0.39, 0.29) is 11.9 Å². The van der Waals surface area contributed by atoms with Gasteiger partial charge >= 0.3 is 12.1 Å². The van der Waals surface area contributed by atoms with E-state index in [1.54, 1.807) is 18.4 Å². The minimum absolute atomic E-state index is 0.000544. The predicted octanol–water partition coefficient (Wildman–Crippen LogP) is 4.08. The summed E-state index contributed by atoms with van der Waals surface area (Å²) in [5.41, 5.74) is 1.27. The lowest BCUT2D eigenvalue weighted by Crippen LogP contribution is -2.48. The first-order chi connectivity index (χ1) is 14.5. The Hall–Kier alpha value is -2.81. The fraction of sp³-hybridized carbons (Fsp3) is 0.455. The fourth-order valence-corrected chi connectivity index (χ4v) is 3.59. The van der Waals surface area contributed by atoms with E-state index >= 15 is 0 Å². The number of carbonyl (C=O) groups is 2. The largest absolute Gasteiger partial charge is 0.490 e. The van der Waals surface area contributed by atoms with Crippen LogP contribution in [0.3, 0.4) is 0 Å². The van der Waals surface area contributed by atoms with Crippen molar-refractivity contribution in [1.82, 2.24) is 9.80 Å². The number of carboxylic acids is 1. The summed E-state index contributed by atoms with van der Waals surface area (Å²) in [5.74, 6) is -2.33. The van der Waals surface area contributed by atoms with Crippen molar-refractivity contribution in [3.8, 4) is 0 Å². The summed E-state index contributed by atoms with van der Waals surface area (Å²) in [6.45, 7) is 5.19. The molecule has 1 aromatic heterocycles. The lowest BCUT2D eigenvalue weighted by atomic mass is 9.98. The topological polar surface area (TPSA) is 74.0 Å². The summed E-state index contributed by atoms with van der Waals surface area (Å²) in [5, 5.41) is 7.12. The summed E-state index contributed by atoms with van der Waals surface area (Å²) in [4.78, 5) is 26.1. The molecule has 0 saturated carbocycles. The number of amides is 1. The van der Waals surface area contributed by atoms with Gasteiger partial charge < -0.3 is 14.4 Å². The van der Waals surface area contributed by atoms with E-state index < -0.39 is 12.1 Å². The molecule has 2 heterocycles. The second-order valence-electron chi connectivity index (χ2n) is 7.65. The number of carbonyl (C=O) groups excluding carboxylic acids is 1. The first-order valence-corrected chi connectivity index (χ1v) is 9.92. The van der Waals surface area contributed by atoms with Gasteiger partial charge in [0.15, 0.2) is 5.76 Å². The number of alkyl halides is 3. The van der Waals surface area contributed by atoms with E-state index in [1.807, 2.05) is 11.0 Å². The number of likely N-dealkylation sites (tertiary alicyclic amines) is 1. The third-order valence-corrected chi connectivity index (χ3v) is 5.37. The van der Waals surface area contributed by atoms with Gasteiger partial charge in [-0.3, -0.25) is 9.69 Å². The van der Waals surface area contributed by atoms with Gasteiger partial charge in [0.1, 0.15) is 0 Å². The average Bonchev–Trinajstić information content (AvgIpc) is 3.38. The molecule has 31 heavy (non-hydrogen) atoms. The van der Waals surface area contributed by atoms with E-state index in [4.69, 9.17) is 14.3 Å². The Morgan fingerprint density at radius 1 is 1.19 bits per heavy atom. The molecule has 1 saturated heterocycles. The van der Waals surface area contributed by atoms with Gasteiger partial charge in [0.05, 0.1) is 12.3 Å². The molecule has 9 heteroatoms. The highest BCUT2D eigenvalue weighted by molar-refractivity contribution is 5.92. The number of nitrogens with zero attached hydrogens (tertiary/aromatic N) is 2. The Labute approximate surface area is 179 Å².